The number of likely N-dealkylation sites (N-methyl/N-ethyl adjacent to an activating group) is 2. The van der Waals surface area contributed by atoms with Crippen molar-refractivity contribution in [2.45, 2.75) is 0 Å². The highest BCUT2D eigenvalue weighted by atomic mass is 35.5. The van der Waals surface area contributed by atoms with Crippen LogP contribution in [0.3, 0.4) is 0 Å². The fourth-order valence-corrected chi connectivity index (χ4v) is 1.19. The van der Waals surface area contributed by atoms with Gasteiger partial charge in [0.1, 0.15) is 12.4 Å². The van der Waals surface area contributed by atoms with Gasteiger partial charge in [-0.3, -0.25) is 9.63 Å². The quantitative estimate of drug-likeness (QED) is 0.746. The number of carbonyl (C=O) groups is 1. The van der Waals surface area contributed by atoms with E-state index in [2.05, 4.69) is 4.98 Å². The number of hydrogen-bond acceptors (Lipinski definition) is 4. The van der Waals surface area contributed by atoms with Crippen molar-refractivity contribution in [3.63, 3.8) is 0 Å². The number of carbonyl (C=O) groups excluding carboxylic acids is 1. The highest BCUT2D eigenvalue weighted by Crippen LogP contribution is 2.12. The minimum absolute atomic E-state index is 0.151. The number of hydroxylamine groups is 2. The SMILES string of the molecule is CON(C)C(=O)CN(C)c1ccc(Cl)cn1. The van der Waals surface area contributed by atoms with Gasteiger partial charge in [0.2, 0.25) is 0 Å². The third-order valence-corrected chi connectivity index (χ3v) is 2.32. The molecule has 6 heteroatoms. The summed E-state index contributed by atoms with van der Waals surface area (Å²) in [6, 6.07) is 3.48. The summed E-state index contributed by atoms with van der Waals surface area (Å²) in [6.45, 7) is 0.193. The first-order valence-electron chi connectivity index (χ1n) is 4.68. The van der Waals surface area contributed by atoms with Crippen molar-refractivity contribution < 1.29 is 9.63 Å². The van der Waals surface area contributed by atoms with E-state index in [1.54, 1.807) is 31.1 Å². The molecule has 1 rings (SSSR count). The van der Waals surface area contributed by atoms with E-state index in [9.17, 15) is 4.79 Å². The molecule has 0 N–H and O–H groups in total. The molecule has 0 saturated carbocycles. The molecular formula is C10H14ClN3O2. The summed E-state index contributed by atoms with van der Waals surface area (Å²) in [5.74, 6) is 0.531. The molecule has 0 aliphatic carbocycles. The normalized spacial score (nSPS) is 10.0. The lowest BCUT2D eigenvalue weighted by Crippen LogP contribution is -2.36. The van der Waals surface area contributed by atoms with Gasteiger partial charge in [0.25, 0.3) is 5.91 Å². The molecule has 0 aromatic carbocycles. The van der Waals surface area contributed by atoms with Gasteiger partial charge in [0.05, 0.1) is 12.1 Å². The number of nitrogens with zero attached hydrogens (tertiary/aromatic N) is 3. The maximum absolute atomic E-state index is 11.5. The van der Waals surface area contributed by atoms with Crippen LogP contribution in [0.5, 0.6) is 0 Å². The molecule has 0 radical (unpaired) electrons. The zero-order valence-electron chi connectivity index (χ0n) is 9.48. The van der Waals surface area contributed by atoms with Crippen molar-refractivity contribution >= 4 is 23.3 Å². The minimum Gasteiger partial charge on any atom is -0.350 e. The standard InChI is InChI=1S/C10H14ClN3O2/c1-13(7-10(15)14(2)16-3)9-5-4-8(11)6-12-9/h4-6H,7H2,1-3H3. The first-order valence-corrected chi connectivity index (χ1v) is 5.05. The van der Waals surface area contributed by atoms with E-state index in [4.69, 9.17) is 16.4 Å². The molecule has 1 heterocycles. The summed E-state index contributed by atoms with van der Waals surface area (Å²) < 4.78 is 0. The maximum Gasteiger partial charge on any atom is 0.265 e. The Labute approximate surface area is 99.5 Å². The van der Waals surface area contributed by atoms with Gasteiger partial charge >= 0.3 is 0 Å². The lowest BCUT2D eigenvalue weighted by atomic mass is 10.4. The molecule has 0 atom stereocenters. The van der Waals surface area contributed by atoms with Crippen LogP contribution in [0.25, 0.3) is 0 Å². The molecule has 88 valence electrons. The van der Waals surface area contributed by atoms with Crippen molar-refractivity contribution in [1.29, 1.82) is 0 Å². The molecule has 0 saturated heterocycles. The van der Waals surface area contributed by atoms with E-state index in [0.717, 1.165) is 0 Å². The van der Waals surface area contributed by atoms with Gasteiger partial charge in [0.15, 0.2) is 0 Å². The van der Waals surface area contributed by atoms with Crippen LogP contribution in [0, 0.1) is 0 Å². The summed E-state index contributed by atoms with van der Waals surface area (Å²) in [4.78, 5) is 22.1. The van der Waals surface area contributed by atoms with Gasteiger partial charge < -0.3 is 4.90 Å². The van der Waals surface area contributed by atoms with E-state index in [1.165, 1.54) is 18.4 Å². The number of pyridine rings is 1. The minimum atomic E-state index is -0.151. The van der Waals surface area contributed by atoms with Crippen molar-refractivity contribution in [1.82, 2.24) is 10.0 Å². The van der Waals surface area contributed by atoms with Crippen LogP contribution in [0.1, 0.15) is 0 Å². The van der Waals surface area contributed by atoms with Crippen molar-refractivity contribution in [2.75, 3.05) is 32.6 Å². The van der Waals surface area contributed by atoms with E-state index in [-0.39, 0.29) is 12.5 Å². The van der Waals surface area contributed by atoms with E-state index in [1.807, 2.05) is 0 Å². The lowest BCUT2D eigenvalue weighted by Gasteiger charge is -2.20. The van der Waals surface area contributed by atoms with Crippen LogP contribution in [-0.2, 0) is 9.63 Å². The van der Waals surface area contributed by atoms with Crippen LogP contribution in [0.4, 0.5) is 5.82 Å². The van der Waals surface area contributed by atoms with Crippen molar-refractivity contribution in [3.8, 4) is 0 Å². The summed E-state index contributed by atoms with van der Waals surface area (Å²) >= 11 is 5.72. The topological polar surface area (TPSA) is 45.7 Å². The second-order valence-corrected chi connectivity index (χ2v) is 3.70. The fourth-order valence-electron chi connectivity index (χ4n) is 1.08. The van der Waals surface area contributed by atoms with Crippen LogP contribution < -0.4 is 4.90 Å². The van der Waals surface area contributed by atoms with Gasteiger partial charge in [-0.25, -0.2) is 10.0 Å². The van der Waals surface area contributed by atoms with E-state index in [0.29, 0.717) is 10.8 Å². The predicted octanol–water partition coefficient (Wildman–Crippen LogP) is 1.19. The van der Waals surface area contributed by atoms with Crippen LogP contribution in [-0.4, -0.2) is 43.7 Å². The lowest BCUT2D eigenvalue weighted by molar-refractivity contribution is -0.166. The summed E-state index contributed by atoms with van der Waals surface area (Å²) in [6.07, 6.45) is 1.54. The van der Waals surface area contributed by atoms with Gasteiger partial charge in [0, 0.05) is 20.3 Å². The average molecular weight is 244 g/mol. The molecule has 16 heavy (non-hydrogen) atoms. The van der Waals surface area contributed by atoms with E-state index >= 15 is 0 Å². The highest BCUT2D eigenvalue weighted by Gasteiger charge is 2.12. The monoisotopic (exact) mass is 243 g/mol. The van der Waals surface area contributed by atoms with Crippen molar-refractivity contribution in [2.24, 2.45) is 0 Å². The Hall–Kier alpha value is -1.33. The molecule has 0 aliphatic rings. The molecule has 1 aromatic heterocycles. The summed E-state index contributed by atoms with van der Waals surface area (Å²) in [5, 5.41) is 1.74. The maximum atomic E-state index is 11.5. The molecule has 0 unspecified atom stereocenters. The number of anilines is 1. The molecule has 0 aliphatic heterocycles. The van der Waals surface area contributed by atoms with Gasteiger partial charge in [-0.05, 0) is 12.1 Å². The van der Waals surface area contributed by atoms with Gasteiger partial charge in [-0.15, -0.1) is 0 Å². The van der Waals surface area contributed by atoms with Crippen LogP contribution in [0.2, 0.25) is 5.02 Å². The Morgan fingerprint density at radius 1 is 1.50 bits per heavy atom. The molecule has 1 amide bonds. The van der Waals surface area contributed by atoms with Crippen LogP contribution in [0.15, 0.2) is 18.3 Å². The molecule has 0 fully saturated rings. The third kappa shape index (κ3) is 3.36. The van der Waals surface area contributed by atoms with E-state index < -0.39 is 0 Å². The summed E-state index contributed by atoms with van der Waals surface area (Å²) in [5.41, 5.74) is 0. The second kappa shape index (κ2) is 5.67. The Kier molecular flexibility index (Phi) is 4.52. The molecule has 1 aromatic rings. The Morgan fingerprint density at radius 2 is 2.19 bits per heavy atom. The third-order valence-electron chi connectivity index (χ3n) is 2.10. The number of halogens is 1. The smallest absolute Gasteiger partial charge is 0.265 e. The molecular weight excluding hydrogens is 230 g/mol. The second-order valence-electron chi connectivity index (χ2n) is 3.26. The first-order chi connectivity index (χ1) is 7.54. The zero-order chi connectivity index (χ0) is 12.1. The van der Waals surface area contributed by atoms with Crippen LogP contribution >= 0.6 is 11.6 Å². The largest absolute Gasteiger partial charge is 0.350 e. The molecule has 0 spiro atoms. The number of aromatic nitrogens is 1. The number of rotatable bonds is 4. The Morgan fingerprint density at radius 3 is 2.69 bits per heavy atom. The Bertz CT molecular complexity index is 356. The first kappa shape index (κ1) is 12.7. The van der Waals surface area contributed by atoms with Crippen molar-refractivity contribution in [3.05, 3.63) is 23.4 Å². The predicted molar refractivity (Wildman–Crippen MR) is 62.3 cm³/mol. The van der Waals surface area contributed by atoms with Gasteiger partial charge in [-0.2, -0.15) is 0 Å². The fraction of sp³-hybridized carbons (Fsp3) is 0.400. The van der Waals surface area contributed by atoms with Gasteiger partial charge in [-0.1, -0.05) is 11.6 Å². The number of hydrogen-bond donors (Lipinski definition) is 0. The average Bonchev–Trinajstić information content (AvgIpc) is 2.28. The Balaban J connectivity index is 2.62. The molecule has 5 nitrogen and oxygen atoms in total. The highest BCUT2D eigenvalue weighted by molar-refractivity contribution is 6.30. The number of amides is 1. The zero-order valence-corrected chi connectivity index (χ0v) is 10.2. The summed E-state index contributed by atoms with van der Waals surface area (Å²) in [7, 11) is 4.78. The molecule has 0 bridgehead atoms.